The summed E-state index contributed by atoms with van der Waals surface area (Å²) in [6, 6.07) is 3.71. The third kappa shape index (κ3) is 4.40. The fourth-order valence-corrected chi connectivity index (χ4v) is 1.59. The summed E-state index contributed by atoms with van der Waals surface area (Å²) in [5.41, 5.74) is -0.902. The van der Waals surface area contributed by atoms with Crippen molar-refractivity contribution in [1.82, 2.24) is 0 Å². The summed E-state index contributed by atoms with van der Waals surface area (Å²) in [7, 11) is 0. The zero-order chi connectivity index (χ0) is 13.8. The molecule has 1 aromatic carbocycles. The van der Waals surface area contributed by atoms with Gasteiger partial charge in [-0.25, -0.2) is 4.79 Å². The number of benzene rings is 1. The third-order valence-electron chi connectivity index (χ3n) is 1.96. The van der Waals surface area contributed by atoms with Gasteiger partial charge in [-0.05, 0) is 18.2 Å². The van der Waals surface area contributed by atoms with E-state index >= 15 is 0 Å². The van der Waals surface area contributed by atoms with Crippen LogP contribution >= 0.6 is 15.9 Å². The topological polar surface area (TPSA) is 49.3 Å². The van der Waals surface area contributed by atoms with Crippen LogP contribution in [-0.4, -0.2) is 17.6 Å². The van der Waals surface area contributed by atoms with Crippen LogP contribution in [0.4, 0.5) is 18.9 Å². The molecule has 0 unspecified atom stereocenters. The van der Waals surface area contributed by atoms with Crippen LogP contribution in [0.2, 0.25) is 0 Å². The van der Waals surface area contributed by atoms with Crippen molar-refractivity contribution in [2.75, 3.05) is 11.9 Å². The number of carbonyl (C=O) groups is 1. The first kappa shape index (κ1) is 14.6. The number of nitrogens with one attached hydrogen (secondary N) is 1. The summed E-state index contributed by atoms with van der Waals surface area (Å²) in [4.78, 5) is 10.2. The number of carboxylic acid groups (broad SMARTS) is 1. The van der Waals surface area contributed by atoms with Crippen molar-refractivity contribution in [3.63, 3.8) is 0 Å². The lowest BCUT2D eigenvalue weighted by molar-refractivity contribution is -0.137. The summed E-state index contributed by atoms with van der Waals surface area (Å²) < 4.78 is 38.4. The Bertz CT molecular complexity index is 472. The molecule has 0 spiro atoms. The molecule has 0 aromatic heterocycles. The second-order valence-corrected chi connectivity index (χ2v) is 4.22. The van der Waals surface area contributed by atoms with Gasteiger partial charge in [0.25, 0.3) is 0 Å². The molecule has 0 saturated heterocycles. The number of anilines is 1. The summed E-state index contributed by atoms with van der Waals surface area (Å²) in [6.45, 7) is -0.00296. The fraction of sp³-hybridized carbons (Fsp3) is 0.182. The number of hydrogen-bond donors (Lipinski definition) is 2. The molecule has 1 aromatic rings. The van der Waals surface area contributed by atoms with Gasteiger partial charge in [0.2, 0.25) is 0 Å². The Hall–Kier alpha value is -1.50. The summed E-state index contributed by atoms with van der Waals surface area (Å²) in [6.07, 6.45) is -2.38. The van der Waals surface area contributed by atoms with Crippen molar-refractivity contribution < 1.29 is 23.1 Å². The molecule has 0 fully saturated rings. The van der Waals surface area contributed by atoms with E-state index in [2.05, 4.69) is 21.2 Å². The first-order chi connectivity index (χ1) is 8.30. The lowest BCUT2D eigenvalue weighted by atomic mass is 10.1. The highest BCUT2D eigenvalue weighted by Crippen LogP contribution is 2.36. The Morgan fingerprint density at radius 1 is 1.44 bits per heavy atom. The van der Waals surface area contributed by atoms with Crippen LogP contribution in [0.25, 0.3) is 0 Å². The van der Waals surface area contributed by atoms with Crippen LogP contribution < -0.4 is 5.32 Å². The smallest absolute Gasteiger partial charge is 0.418 e. The van der Waals surface area contributed by atoms with Gasteiger partial charge in [-0.1, -0.05) is 22.0 Å². The zero-order valence-corrected chi connectivity index (χ0v) is 10.5. The van der Waals surface area contributed by atoms with Crippen molar-refractivity contribution in [3.8, 4) is 0 Å². The molecule has 2 N–H and O–H groups in total. The minimum absolute atomic E-state index is 0.00296. The third-order valence-corrected chi connectivity index (χ3v) is 2.45. The summed E-state index contributed by atoms with van der Waals surface area (Å²) in [5, 5.41) is 10.8. The van der Waals surface area contributed by atoms with Gasteiger partial charge in [0, 0.05) is 22.8 Å². The van der Waals surface area contributed by atoms with Gasteiger partial charge in [-0.15, -0.1) is 0 Å². The predicted octanol–water partition coefficient (Wildman–Crippen LogP) is 3.52. The van der Waals surface area contributed by atoms with Crippen LogP contribution in [0.15, 0.2) is 34.8 Å². The van der Waals surface area contributed by atoms with Gasteiger partial charge < -0.3 is 10.4 Å². The number of alkyl halides is 3. The molecule has 0 aliphatic heterocycles. The largest absolute Gasteiger partial charge is 0.478 e. The summed E-state index contributed by atoms with van der Waals surface area (Å²) >= 11 is 2.97. The second kappa shape index (κ2) is 5.90. The molecule has 1 rings (SSSR count). The average molecular weight is 324 g/mol. The maximum absolute atomic E-state index is 12.7. The fourth-order valence-electron chi connectivity index (χ4n) is 1.23. The molecule has 0 saturated carbocycles. The van der Waals surface area contributed by atoms with Crippen molar-refractivity contribution in [2.45, 2.75) is 6.18 Å². The van der Waals surface area contributed by atoms with Gasteiger partial charge in [0.05, 0.1) is 5.56 Å². The van der Waals surface area contributed by atoms with Crippen LogP contribution in [0.5, 0.6) is 0 Å². The van der Waals surface area contributed by atoms with Gasteiger partial charge >= 0.3 is 12.1 Å². The first-order valence-electron chi connectivity index (χ1n) is 4.81. The lowest BCUT2D eigenvalue weighted by Gasteiger charge is -2.13. The maximum atomic E-state index is 12.7. The van der Waals surface area contributed by atoms with E-state index in [9.17, 15) is 18.0 Å². The van der Waals surface area contributed by atoms with E-state index in [-0.39, 0.29) is 12.2 Å². The SMILES string of the molecule is O=C(O)/C=C/CNc1ccc(Br)cc1C(F)(F)F. The van der Waals surface area contributed by atoms with Crippen molar-refractivity contribution in [1.29, 1.82) is 0 Å². The monoisotopic (exact) mass is 323 g/mol. The molecule has 0 aliphatic carbocycles. The van der Waals surface area contributed by atoms with E-state index in [1.54, 1.807) is 0 Å². The van der Waals surface area contributed by atoms with Crippen molar-refractivity contribution in [2.24, 2.45) is 0 Å². The van der Waals surface area contributed by atoms with E-state index in [1.165, 1.54) is 18.2 Å². The molecule has 0 heterocycles. The Kier molecular flexibility index (Phi) is 4.77. The standard InChI is InChI=1S/C11H9BrF3NO2/c12-7-3-4-9(8(6-7)11(13,14)15)16-5-1-2-10(17)18/h1-4,6,16H,5H2,(H,17,18)/b2-1+. The molecular formula is C11H9BrF3NO2. The van der Waals surface area contributed by atoms with Gasteiger partial charge in [0.15, 0.2) is 0 Å². The normalized spacial score (nSPS) is 11.8. The number of aliphatic carboxylic acids is 1. The van der Waals surface area contributed by atoms with E-state index < -0.39 is 17.7 Å². The Morgan fingerprint density at radius 2 is 2.11 bits per heavy atom. The van der Waals surface area contributed by atoms with E-state index in [0.29, 0.717) is 4.47 Å². The van der Waals surface area contributed by atoms with E-state index in [0.717, 1.165) is 12.1 Å². The van der Waals surface area contributed by atoms with Crippen molar-refractivity contribution in [3.05, 3.63) is 40.4 Å². The molecule has 0 amide bonds. The van der Waals surface area contributed by atoms with E-state index in [4.69, 9.17) is 5.11 Å². The minimum Gasteiger partial charge on any atom is -0.478 e. The maximum Gasteiger partial charge on any atom is 0.418 e. The minimum atomic E-state index is -4.47. The van der Waals surface area contributed by atoms with Crippen LogP contribution in [0.3, 0.4) is 0 Å². The molecule has 7 heteroatoms. The lowest BCUT2D eigenvalue weighted by Crippen LogP contribution is -2.11. The number of rotatable bonds is 4. The molecule has 0 radical (unpaired) electrons. The number of hydrogen-bond acceptors (Lipinski definition) is 2. The Labute approximate surface area is 109 Å². The molecular weight excluding hydrogens is 315 g/mol. The molecule has 98 valence electrons. The molecule has 0 atom stereocenters. The molecule has 0 aliphatic rings. The highest BCUT2D eigenvalue weighted by molar-refractivity contribution is 9.10. The summed E-state index contributed by atoms with van der Waals surface area (Å²) in [5.74, 6) is -1.15. The zero-order valence-electron chi connectivity index (χ0n) is 8.96. The average Bonchev–Trinajstić information content (AvgIpc) is 2.24. The highest BCUT2D eigenvalue weighted by Gasteiger charge is 2.33. The molecule has 3 nitrogen and oxygen atoms in total. The first-order valence-corrected chi connectivity index (χ1v) is 5.60. The molecule has 0 bridgehead atoms. The number of halogens is 4. The quantitative estimate of drug-likeness (QED) is 0.833. The van der Waals surface area contributed by atoms with Gasteiger partial charge in [-0.3, -0.25) is 0 Å². The highest BCUT2D eigenvalue weighted by atomic mass is 79.9. The van der Waals surface area contributed by atoms with Crippen LogP contribution in [0, 0.1) is 0 Å². The predicted molar refractivity (Wildman–Crippen MR) is 64.4 cm³/mol. The Morgan fingerprint density at radius 3 is 2.67 bits per heavy atom. The van der Waals surface area contributed by atoms with Crippen molar-refractivity contribution >= 4 is 27.6 Å². The van der Waals surface area contributed by atoms with E-state index in [1.807, 2.05) is 0 Å². The van der Waals surface area contributed by atoms with Gasteiger partial charge in [-0.2, -0.15) is 13.2 Å². The van der Waals surface area contributed by atoms with Crippen LogP contribution in [0.1, 0.15) is 5.56 Å². The Balaban J connectivity index is 2.85. The van der Waals surface area contributed by atoms with Gasteiger partial charge in [0.1, 0.15) is 0 Å². The number of carboxylic acids is 1. The van der Waals surface area contributed by atoms with Crippen LogP contribution in [-0.2, 0) is 11.0 Å². The second-order valence-electron chi connectivity index (χ2n) is 3.31. The molecule has 18 heavy (non-hydrogen) atoms.